The van der Waals surface area contributed by atoms with Gasteiger partial charge in [-0.2, -0.15) is 5.06 Å². The largest absolute Gasteiger partial charge is 0.366 e. The van der Waals surface area contributed by atoms with Crippen LogP contribution in [0.4, 0.5) is 0 Å². The summed E-state index contributed by atoms with van der Waals surface area (Å²) < 4.78 is 11.2. The van der Waals surface area contributed by atoms with E-state index in [0.29, 0.717) is 13.0 Å². The Morgan fingerprint density at radius 1 is 1.43 bits per heavy atom. The summed E-state index contributed by atoms with van der Waals surface area (Å²) in [7, 11) is 1.80. The van der Waals surface area contributed by atoms with E-state index in [1.807, 2.05) is 13.8 Å². The summed E-state index contributed by atoms with van der Waals surface area (Å²) in [5, 5.41) is 11.0. The number of rotatable bonds is 1. The van der Waals surface area contributed by atoms with Gasteiger partial charge in [0.2, 0.25) is 0 Å². The van der Waals surface area contributed by atoms with Gasteiger partial charge in [-0.05, 0) is 13.8 Å². The normalized spacial score (nSPS) is 43.3. The van der Waals surface area contributed by atoms with Gasteiger partial charge in [0, 0.05) is 13.5 Å². The molecule has 0 aromatic heterocycles. The Morgan fingerprint density at radius 3 is 2.57 bits per heavy atom. The Bertz CT molecular complexity index is 221. The highest BCUT2D eigenvalue weighted by molar-refractivity contribution is 4.84. The van der Waals surface area contributed by atoms with Crippen molar-refractivity contribution in [3.8, 4) is 0 Å². The van der Waals surface area contributed by atoms with Crippen LogP contribution in [-0.2, 0) is 14.3 Å². The Morgan fingerprint density at radius 2 is 2.14 bits per heavy atom. The molecule has 0 spiro atoms. The zero-order valence-corrected chi connectivity index (χ0v) is 8.77. The lowest BCUT2D eigenvalue weighted by Crippen LogP contribution is -2.38. The number of hydrogen-bond acceptors (Lipinski definition) is 5. The maximum Gasteiger partial charge on any atom is 0.176 e. The summed E-state index contributed by atoms with van der Waals surface area (Å²) in [6.45, 7) is 4.33. The fourth-order valence-corrected chi connectivity index (χ4v) is 1.96. The molecule has 5 heteroatoms. The van der Waals surface area contributed by atoms with Crippen LogP contribution in [0.3, 0.4) is 0 Å². The Balaban J connectivity index is 1.97. The lowest BCUT2D eigenvalue weighted by atomic mass is 10.1. The van der Waals surface area contributed by atoms with E-state index in [2.05, 4.69) is 0 Å². The first-order valence-electron chi connectivity index (χ1n) is 4.87. The van der Waals surface area contributed by atoms with Crippen molar-refractivity contribution in [3.63, 3.8) is 0 Å². The van der Waals surface area contributed by atoms with E-state index in [-0.39, 0.29) is 12.1 Å². The van der Waals surface area contributed by atoms with Crippen molar-refractivity contribution in [1.82, 2.24) is 5.06 Å². The molecule has 2 aliphatic heterocycles. The molecule has 2 heterocycles. The predicted octanol–water partition coefficient (Wildman–Crippen LogP) is 0.0920. The Hall–Kier alpha value is -0.200. The monoisotopic (exact) mass is 203 g/mol. The van der Waals surface area contributed by atoms with Gasteiger partial charge in [-0.15, -0.1) is 0 Å². The van der Waals surface area contributed by atoms with E-state index in [0.717, 1.165) is 0 Å². The van der Waals surface area contributed by atoms with E-state index in [4.69, 9.17) is 14.3 Å². The predicted molar refractivity (Wildman–Crippen MR) is 48.2 cm³/mol. The maximum absolute atomic E-state index is 9.30. The summed E-state index contributed by atoms with van der Waals surface area (Å²) in [5.41, 5.74) is 0. The second-order valence-electron chi connectivity index (χ2n) is 4.28. The van der Waals surface area contributed by atoms with E-state index in [9.17, 15) is 5.11 Å². The molecule has 0 aromatic rings. The molecular formula is C9H17NO4. The van der Waals surface area contributed by atoms with Crippen LogP contribution in [-0.4, -0.2) is 48.0 Å². The molecule has 1 N–H and O–H groups in total. The van der Waals surface area contributed by atoms with Gasteiger partial charge < -0.3 is 14.6 Å². The third-order valence-electron chi connectivity index (χ3n) is 2.66. The molecule has 0 aliphatic carbocycles. The Labute approximate surface area is 83.5 Å². The molecule has 0 radical (unpaired) electrons. The highest BCUT2D eigenvalue weighted by atomic mass is 16.8. The first kappa shape index (κ1) is 10.3. The molecule has 0 bridgehead atoms. The van der Waals surface area contributed by atoms with Crippen molar-refractivity contribution in [2.45, 2.75) is 44.5 Å². The van der Waals surface area contributed by atoms with Gasteiger partial charge in [0.1, 0.15) is 6.10 Å². The van der Waals surface area contributed by atoms with Crippen LogP contribution in [0.25, 0.3) is 0 Å². The van der Waals surface area contributed by atoms with E-state index >= 15 is 0 Å². The Kier molecular flexibility index (Phi) is 2.53. The summed E-state index contributed by atoms with van der Waals surface area (Å²) in [6, 6.07) is 0.0757. The quantitative estimate of drug-likeness (QED) is 0.654. The van der Waals surface area contributed by atoms with Crippen molar-refractivity contribution in [2.75, 3.05) is 13.7 Å². The molecule has 2 rings (SSSR count). The van der Waals surface area contributed by atoms with Gasteiger partial charge in [0.15, 0.2) is 12.1 Å². The molecule has 0 saturated carbocycles. The van der Waals surface area contributed by atoms with Crippen LogP contribution in [0, 0.1) is 0 Å². The minimum atomic E-state index is -0.711. The lowest BCUT2D eigenvalue weighted by molar-refractivity contribution is -0.218. The minimum Gasteiger partial charge on any atom is -0.366 e. The van der Waals surface area contributed by atoms with Crippen molar-refractivity contribution < 1.29 is 19.4 Å². The summed E-state index contributed by atoms with van der Waals surface area (Å²) in [5.74, 6) is -0.515. The zero-order valence-electron chi connectivity index (χ0n) is 8.77. The standard InChI is InChI=1S/C9H17NO4/c1-9(2)12-5-7(13-9)6-4-8(11)14-10(6)3/h6-8,11H,4-5H2,1-3H3/t6-,7+,8?/m0/s1. The number of ether oxygens (including phenoxy) is 2. The second-order valence-corrected chi connectivity index (χ2v) is 4.28. The van der Waals surface area contributed by atoms with E-state index in [1.165, 1.54) is 0 Å². The van der Waals surface area contributed by atoms with Crippen molar-refractivity contribution >= 4 is 0 Å². The van der Waals surface area contributed by atoms with Crippen LogP contribution in [0.1, 0.15) is 20.3 Å². The van der Waals surface area contributed by atoms with Crippen LogP contribution < -0.4 is 0 Å². The lowest BCUT2D eigenvalue weighted by Gasteiger charge is -2.23. The molecule has 2 aliphatic rings. The molecule has 3 atom stereocenters. The SMILES string of the molecule is CN1OC(O)C[C@H]1[C@H]1COC(C)(C)O1. The zero-order chi connectivity index (χ0) is 10.3. The molecule has 2 saturated heterocycles. The third kappa shape index (κ3) is 1.92. The number of likely N-dealkylation sites (N-methyl/N-ethyl adjacent to an activating group) is 1. The highest BCUT2D eigenvalue weighted by Gasteiger charge is 2.43. The van der Waals surface area contributed by atoms with Crippen LogP contribution in [0.2, 0.25) is 0 Å². The second kappa shape index (κ2) is 3.43. The average Bonchev–Trinajstić information content (AvgIpc) is 2.55. The molecule has 14 heavy (non-hydrogen) atoms. The average molecular weight is 203 g/mol. The van der Waals surface area contributed by atoms with Gasteiger partial charge in [-0.1, -0.05) is 0 Å². The number of nitrogens with zero attached hydrogens (tertiary/aromatic N) is 1. The van der Waals surface area contributed by atoms with Gasteiger partial charge in [0.25, 0.3) is 0 Å². The number of hydroxylamine groups is 2. The highest BCUT2D eigenvalue weighted by Crippen LogP contribution is 2.30. The van der Waals surface area contributed by atoms with Gasteiger partial charge >= 0.3 is 0 Å². The van der Waals surface area contributed by atoms with Crippen LogP contribution in [0.15, 0.2) is 0 Å². The number of aliphatic hydroxyl groups is 1. The van der Waals surface area contributed by atoms with Crippen molar-refractivity contribution in [3.05, 3.63) is 0 Å². The van der Waals surface area contributed by atoms with Gasteiger partial charge in [-0.25, -0.2) is 0 Å². The van der Waals surface area contributed by atoms with Gasteiger partial charge in [-0.3, -0.25) is 4.84 Å². The molecule has 0 aromatic carbocycles. The molecule has 0 amide bonds. The third-order valence-corrected chi connectivity index (χ3v) is 2.66. The molecule has 82 valence electrons. The summed E-state index contributed by atoms with van der Waals surface area (Å²) >= 11 is 0. The molecular weight excluding hydrogens is 186 g/mol. The first-order valence-corrected chi connectivity index (χ1v) is 4.87. The van der Waals surface area contributed by atoms with Gasteiger partial charge in [0.05, 0.1) is 12.6 Å². The molecule has 2 fully saturated rings. The van der Waals surface area contributed by atoms with Crippen molar-refractivity contribution in [1.29, 1.82) is 0 Å². The fourth-order valence-electron chi connectivity index (χ4n) is 1.96. The van der Waals surface area contributed by atoms with Crippen LogP contribution in [0.5, 0.6) is 0 Å². The molecule has 1 unspecified atom stereocenters. The molecule has 5 nitrogen and oxygen atoms in total. The summed E-state index contributed by atoms with van der Waals surface area (Å²) in [6.07, 6.45) is -0.162. The fraction of sp³-hybridized carbons (Fsp3) is 1.00. The number of aliphatic hydroxyl groups excluding tert-OH is 1. The maximum atomic E-state index is 9.30. The number of hydrogen-bond donors (Lipinski definition) is 1. The minimum absolute atomic E-state index is 0.0212. The van der Waals surface area contributed by atoms with E-state index < -0.39 is 12.1 Å². The summed E-state index contributed by atoms with van der Waals surface area (Å²) in [4.78, 5) is 5.11. The van der Waals surface area contributed by atoms with E-state index in [1.54, 1.807) is 12.1 Å². The first-order chi connectivity index (χ1) is 6.48. The smallest absolute Gasteiger partial charge is 0.176 e. The van der Waals surface area contributed by atoms with Crippen molar-refractivity contribution in [2.24, 2.45) is 0 Å². The topological polar surface area (TPSA) is 51.2 Å². The van der Waals surface area contributed by atoms with Crippen LogP contribution >= 0.6 is 0 Å².